The van der Waals surface area contributed by atoms with Crippen LogP contribution in [0.4, 0.5) is 0 Å². The first kappa shape index (κ1) is 20.6. The average Bonchev–Trinajstić information content (AvgIpc) is 3.70. The van der Waals surface area contributed by atoms with Gasteiger partial charge in [0.2, 0.25) is 0 Å². The minimum absolute atomic E-state index is 0.476. The summed E-state index contributed by atoms with van der Waals surface area (Å²) in [4.78, 5) is 0. The summed E-state index contributed by atoms with van der Waals surface area (Å²) in [6.45, 7) is 2.31. The van der Waals surface area contributed by atoms with E-state index in [4.69, 9.17) is 4.74 Å². The molecule has 0 aromatic heterocycles. The van der Waals surface area contributed by atoms with Gasteiger partial charge in [-0.05, 0) is 82.2 Å². The van der Waals surface area contributed by atoms with Crippen molar-refractivity contribution < 1.29 is 4.74 Å². The molecule has 32 heavy (non-hydrogen) atoms. The first-order valence-electron chi connectivity index (χ1n) is 11.6. The maximum Gasteiger partial charge on any atom is 0.118 e. The van der Waals surface area contributed by atoms with Gasteiger partial charge in [0.25, 0.3) is 0 Å². The van der Waals surface area contributed by atoms with E-state index in [0.29, 0.717) is 5.92 Å². The molecule has 1 saturated carbocycles. The SMILES string of the molecule is COc1ccc(-c2ccc(C(C)Cc3ccc(-c4ccc(C5CC5)cc4)cc3)cc2)cc1. The van der Waals surface area contributed by atoms with E-state index in [1.165, 1.54) is 51.8 Å². The van der Waals surface area contributed by atoms with Crippen molar-refractivity contribution >= 4 is 0 Å². The summed E-state index contributed by atoms with van der Waals surface area (Å²) in [7, 11) is 1.70. The molecule has 0 aliphatic heterocycles. The highest BCUT2D eigenvalue weighted by atomic mass is 16.5. The highest BCUT2D eigenvalue weighted by Gasteiger charge is 2.22. The van der Waals surface area contributed by atoms with E-state index in [0.717, 1.165) is 18.1 Å². The smallest absolute Gasteiger partial charge is 0.118 e. The minimum Gasteiger partial charge on any atom is -0.497 e. The lowest BCUT2D eigenvalue weighted by Crippen LogP contribution is -1.98. The minimum atomic E-state index is 0.476. The molecule has 160 valence electrons. The number of hydrogen-bond donors (Lipinski definition) is 0. The first-order chi connectivity index (χ1) is 15.7. The van der Waals surface area contributed by atoms with Gasteiger partial charge in [-0.3, -0.25) is 0 Å². The Morgan fingerprint density at radius 3 is 1.62 bits per heavy atom. The third-order valence-electron chi connectivity index (χ3n) is 6.69. The normalized spacial score (nSPS) is 14.2. The van der Waals surface area contributed by atoms with Crippen LogP contribution in [-0.4, -0.2) is 7.11 Å². The van der Waals surface area contributed by atoms with Crippen molar-refractivity contribution in [2.75, 3.05) is 7.11 Å². The Bertz CT molecular complexity index is 1150. The second-order valence-electron chi connectivity index (χ2n) is 9.05. The van der Waals surface area contributed by atoms with Crippen LogP contribution >= 0.6 is 0 Å². The molecule has 1 atom stereocenters. The molecule has 0 amide bonds. The standard InChI is InChI=1S/C31H30O/c1-22(24-7-9-26(10-8-24)30-17-19-31(32-2)20-18-30)21-23-3-5-25(6-4-23)27-11-13-28(14-12-27)29-15-16-29/h3-14,17-20,22,29H,15-16,21H2,1-2H3. The maximum absolute atomic E-state index is 5.26. The van der Waals surface area contributed by atoms with Crippen molar-refractivity contribution in [3.05, 3.63) is 114 Å². The van der Waals surface area contributed by atoms with Gasteiger partial charge in [0, 0.05) is 0 Å². The number of ether oxygens (including phenoxy) is 1. The number of methoxy groups -OCH3 is 1. The van der Waals surface area contributed by atoms with Gasteiger partial charge in [0.1, 0.15) is 5.75 Å². The molecule has 0 radical (unpaired) electrons. The second kappa shape index (κ2) is 9.04. The van der Waals surface area contributed by atoms with Crippen molar-refractivity contribution in [3.8, 4) is 28.0 Å². The highest BCUT2D eigenvalue weighted by molar-refractivity contribution is 5.65. The summed E-state index contributed by atoms with van der Waals surface area (Å²) in [5, 5.41) is 0. The van der Waals surface area contributed by atoms with Gasteiger partial charge in [-0.15, -0.1) is 0 Å². The van der Waals surface area contributed by atoms with E-state index in [1.807, 2.05) is 12.1 Å². The number of benzene rings is 4. The summed E-state index contributed by atoms with van der Waals surface area (Å²) in [5.41, 5.74) is 9.32. The summed E-state index contributed by atoms with van der Waals surface area (Å²) in [5.74, 6) is 2.18. The van der Waals surface area contributed by atoms with Gasteiger partial charge >= 0.3 is 0 Å². The van der Waals surface area contributed by atoms with E-state index in [2.05, 4.69) is 91.9 Å². The molecule has 1 unspecified atom stereocenters. The van der Waals surface area contributed by atoms with Gasteiger partial charge in [-0.2, -0.15) is 0 Å². The fraction of sp³-hybridized carbons (Fsp3) is 0.226. The first-order valence-corrected chi connectivity index (χ1v) is 11.6. The van der Waals surface area contributed by atoms with Crippen molar-refractivity contribution in [2.24, 2.45) is 0 Å². The third-order valence-corrected chi connectivity index (χ3v) is 6.69. The van der Waals surface area contributed by atoms with Gasteiger partial charge in [-0.25, -0.2) is 0 Å². The van der Waals surface area contributed by atoms with Crippen LogP contribution in [0.25, 0.3) is 22.3 Å². The van der Waals surface area contributed by atoms with Crippen LogP contribution in [0.1, 0.15) is 48.3 Å². The van der Waals surface area contributed by atoms with E-state index in [9.17, 15) is 0 Å². The van der Waals surface area contributed by atoms with Crippen LogP contribution in [0, 0.1) is 0 Å². The van der Waals surface area contributed by atoms with Crippen LogP contribution in [-0.2, 0) is 6.42 Å². The van der Waals surface area contributed by atoms with Crippen LogP contribution in [0.3, 0.4) is 0 Å². The quantitative estimate of drug-likeness (QED) is 0.293. The summed E-state index contributed by atoms with van der Waals surface area (Å²) in [6.07, 6.45) is 3.76. The molecule has 1 aliphatic rings. The van der Waals surface area contributed by atoms with E-state index >= 15 is 0 Å². The Labute approximate surface area is 191 Å². The largest absolute Gasteiger partial charge is 0.497 e. The molecule has 0 heterocycles. The van der Waals surface area contributed by atoms with Crippen molar-refractivity contribution in [1.82, 2.24) is 0 Å². The van der Waals surface area contributed by atoms with Gasteiger partial charge in [0.15, 0.2) is 0 Å². The van der Waals surface area contributed by atoms with Gasteiger partial charge < -0.3 is 4.74 Å². The topological polar surface area (TPSA) is 9.23 Å². The zero-order chi connectivity index (χ0) is 21.9. The second-order valence-corrected chi connectivity index (χ2v) is 9.05. The van der Waals surface area contributed by atoms with Gasteiger partial charge in [-0.1, -0.05) is 91.9 Å². The Morgan fingerprint density at radius 1 is 0.656 bits per heavy atom. The molecule has 4 aromatic carbocycles. The van der Waals surface area contributed by atoms with E-state index in [-0.39, 0.29) is 0 Å². The lowest BCUT2D eigenvalue weighted by molar-refractivity contribution is 0.415. The molecule has 5 rings (SSSR count). The Hall–Kier alpha value is -3.32. The Morgan fingerprint density at radius 2 is 1.12 bits per heavy atom. The summed E-state index contributed by atoms with van der Waals surface area (Å²) >= 11 is 0. The highest BCUT2D eigenvalue weighted by Crippen LogP contribution is 2.40. The van der Waals surface area contributed by atoms with Crippen LogP contribution in [0.15, 0.2) is 97.1 Å². The summed E-state index contributed by atoms with van der Waals surface area (Å²) < 4.78 is 5.26. The van der Waals surface area contributed by atoms with Crippen molar-refractivity contribution in [3.63, 3.8) is 0 Å². The summed E-state index contributed by atoms with van der Waals surface area (Å²) in [6, 6.07) is 35.5. The zero-order valence-electron chi connectivity index (χ0n) is 18.9. The fourth-order valence-electron chi connectivity index (χ4n) is 4.46. The van der Waals surface area contributed by atoms with Gasteiger partial charge in [0.05, 0.1) is 7.11 Å². The molecule has 1 nitrogen and oxygen atoms in total. The molecule has 1 fully saturated rings. The van der Waals surface area contributed by atoms with Crippen LogP contribution < -0.4 is 4.74 Å². The van der Waals surface area contributed by atoms with E-state index in [1.54, 1.807) is 7.11 Å². The van der Waals surface area contributed by atoms with Crippen molar-refractivity contribution in [2.45, 2.75) is 38.0 Å². The van der Waals surface area contributed by atoms with Crippen LogP contribution in [0.2, 0.25) is 0 Å². The molecular weight excluding hydrogens is 388 g/mol. The van der Waals surface area contributed by atoms with Crippen molar-refractivity contribution in [1.29, 1.82) is 0 Å². The number of hydrogen-bond acceptors (Lipinski definition) is 1. The fourth-order valence-corrected chi connectivity index (χ4v) is 4.46. The maximum atomic E-state index is 5.26. The predicted molar refractivity (Wildman–Crippen MR) is 134 cm³/mol. The van der Waals surface area contributed by atoms with E-state index < -0.39 is 0 Å². The Kier molecular flexibility index (Phi) is 5.81. The molecule has 0 bridgehead atoms. The monoisotopic (exact) mass is 418 g/mol. The third kappa shape index (κ3) is 4.62. The molecule has 1 aliphatic carbocycles. The molecule has 0 N–H and O–H groups in total. The Balaban J connectivity index is 1.23. The molecule has 0 saturated heterocycles. The molecule has 0 spiro atoms. The molecular formula is C31H30O. The zero-order valence-corrected chi connectivity index (χ0v) is 18.9. The number of rotatable bonds is 7. The molecule has 1 heteroatoms. The lowest BCUT2D eigenvalue weighted by atomic mass is 9.91. The van der Waals surface area contributed by atoms with Crippen LogP contribution in [0.5, 0.6) is 5.75 Å². The average molecular weight is 419 g/mol. The molecule has 4 aromatic rings. The lowest BCUT2D eigenvalue weighted by Gasteiger charge is -2.14. The predicted octanol–water partition coefficient (Wildman–Crippen LogP) is 8.25.